The summed E-state index contributed by atoms with van der Waals surface area (Å²) in [5.41, 5.74) is 4.53. The van der Waals surface area contributed by atoms with E-state index in [1.807, 2.05) is 11.0 Å². The number of anilines is 2. The lowest BCUT2D eigenvalue weighted by Gasteiger charge is -2.34. The second kappa shape index (κ2) is 9.55. The van der Waals surface area contributed by atoms with Gasteiger partial charge in [0.05, 0.1) is 20.8 Å². The molecule has 0 bridgehead atoms. The predicted molar refractivity (Wildman–Crippen MR) is 146 cm³/mol. The molecule has 5 rings (SSSR count). The zero-order chi connectivity index (χ0) is 25.4. The Bertz CT molecular complexity index is 1510. The molecule has 7 nitrogen and oxygen atoms in total. The van der Waals surface area contributed by atoms with Gasteiger partial charge < -0.3 is 9.80 Å². The highest BCUT2D eigenvalue weighted by Crippen LogP contribution is 2.32. The molecule has 1 aliphatic rings. The van der Waals surface area contributed by atoms with Crippen molar-refractivity contribution in [3.05, 3.63) is 83.4 Å². The number of fused-ring (bicyclic) bond motifs is 1. The molecule has 186 valence electrons. The summed E-state index contributed by atoms with van der Waals surface area (Å²) >= 11 is 1.70. The molecule has 0 spiro atoms. The van der Waals surface area contributed by atoms with Crippen LogP contribution in [0.3, 0.4) is 0 Å². The third kappa shape index (κ3) is 4.56. The van der Waals surface area contributed by atoms with Gasteiger partial charge in [0.25, 0.3) is 15.9 Å². The molecule has 3 aromatic carbocycles. The molecule has 1 aromatic heterocycles. The molecule has 0 aliphatic carbocycles. The van der Waals surface area contributed by atoms with E-state index in [-0.39, 0.29) is 10.8 Å². The zero-order valence-electron chi connectivity index (χ0n) is 20.5. The van der Waals surface area contributed by atoms with E-state index >= 15 is 0 Å². The molecule has 36 heavy (non-hydrogen) atoms. The van der Waals surface area contributed by atoms with E-state index in [9.17, 15) is 13.2 Å². The fourth-order valence-electron chi connectivity index (χ4n) is 4.49. The van der Waals surface area contributed by atoms with E-state index in [1.54, 1.807) is 47.7 Å². The lowest BCUT2D eigenvalue weighted by Crippen LogP contribution is -2.48. The van der Waals surface area contributed by atoms with Crippen LogP contribution in [0.5, 0.6) is 0 Å². The number of nitrogens with zero attached hydrogens (tertiary/aromatic N) is 4. The number of hydrogen-bond donors (Lipinski definition) is 0. The van der Waals surface area contributed by atoms with Gasteiger partial charge in [-0.3, -0.25) is 9.10 Å². The molecule has 9 heteroatoms. The number of benzene rings is 3. The highest BCUT2D eigenvalue weighted by Gasteiger charge is 2.26. The molecule has 1 saturated heterocycles. The molecule has 0 unspecified atom stereocenters. The second-order valence-corrected chi connectivity index (χ2v) is 12.0. The first-order chi connectivity index (χ1) is 17.2. The SMILES string of the molecule is Cc1cc(C)c2sc(N3CCN(C(=O)c4ccc(S(=O)(=O)N(C)c5ccccc5)cc4)CC3)nc2c1. The summed E-state index contributed by atoms with van der Waals surface area (Å²) in [5.74, 6) is -0.0919. The van der Waals surface area contributed by atoms with Crippen LogP contribution in [-0.2, 0) is 10.0 Å². The summed E-state index contributed by atoms with van der Waals surface area (Å²) in [6.45, 7) is 6.78. The molecule has 1 fully saturated rings. The van der Waals surface area contributed by atoms with E-state index in [0.717, 1.165) is 10.6 Å². The summed E-state index contributed by atoms with van der Waals surface area (Å²) in [7, 11) is -2.19. The van der Waals surface area contributed by atoms with Crippen LogP contribution in [0.1, 0.15) is 21.5 Å². The maximum absolute atomic E-state index is 13.1. The van der Waals surface area contributed by atoms with E-state index in [1.165, 1.54) is 39.3 Å². The van der Waals surface area contributed by atoms with Crippen molar-refractivity contribution in [3.63, 3.8) is 0 Å². The Hall–Kier alpha value is -3.43. The molecule has 0 N–H and O–H groups in total. The molecule has 2 heterocycles. The van der Waals surface area contributed by atoms with Crippen LogP contribution in [-0.4, -0.2) is 57.4 Å². The van der Waals surface area contributed by atoms with E-state index < -0.39 is 10.0 Å². The molecule has 0 saturated carbocycles. The van der Waals surface area contributed by atoms with E-state index in [2.05, 4.69) is 30.9 Å². The van der Waals surface area contributed by atoms with Crippen molar-refractivity contribution in [1.82, 2.24) is 9.88 Å². The highest BCUT2D eigenvalue weighted by atomic mass is 32.2. The standard InChI is InChI=1S/C27H28N4O3S2/c1-19-17-20(2)25-24(18-19)28-27(35-25)31-15-13-30(14-16-31)26(32)21-9-11-23(12-10-21)36(33,34)29(3)22-7-5-4-6-8-22/h4-12,17-18H,13-16H2,1-3H3. The number of sulfonamides is 1. The molecular formula is C27H28N4O3S2. The van der Waals surface area contributed by atoms with Gasteiger partial charge in [-0.25, -0.2) is 13.4 Å². The van der Waals surface area contributed by atoms with Crippen LogP contribution in [0.25, 0.3) is 10.2 Å². The number of amides is 1. The van der Waals surface area contributed by atoms with Crippen molar-refractivity contribution in [2.24, 2.45) is 0 Å². The summed E-state index contributed by atoms with van der Waals surface area (Å²) < 4.78 is 28.5. The number of aromatic nitrogens is 1. The summed E-state index contributed by atoms with van der Waals surface area (Å²) in [4.78, 5) is 22.2. The minimum Gasteiger partial charge on any atom is -0.345 e. The summed E-state index contributed by atoms with van der Waals surface area (Å²) in [5, 5.41) is 0.989. The minimum absolute atomic E-state index is 0.0919. The van der Waals surface area contributed by atoms with Gasteiger partial charge in [0, 0.05) is 38.8 Å². The lowest BCUT2D eigenvalue weighted by atomic mass is 10.1. The maximum atomic E-state index is 13.1. The van der Waals surface area contributed by atoms with Crippen molar-refractivity contribution >= 4 is 48.3 Å². The predicted octanol–water partition coefficient (Wildman–Crippen LogP) is 4.70. The third-order valence-electron chi connectivity index (χ3n) is 6.53. The lowest BCUT2D eigenvalue weighted by molar-refractivity contribution is 0.0746. The van der Waals surface area contributed by atoms with Crippen LogP contribution in [0.2, 0.25) is 0 Å². The number of aryl methyl sites for hydroxylation is 2. The monoisotopic (exact) mass is 520 g/mol. The van der Waals surface area contributed by atoms with Crippen LogP contribution < -0.4 is 9.21 Å². The van der Waals surface area contributed by atoms with Crippen molar-refractivity contribution < 1.29 is 13.2 Å². The number of hydrogen-bond acceptors (Lipinski definition) is 6. The number of para-hydroxylation sites is 1. The van der Waals surface area contributed by atoms with Gasteiger partial charge >= 0.3 is 0 Å². The Morgan fingerprint density at radius 3 is 2.28 bits per heavy atom. The molecule has 1 amide bonds. The van der Waals surface area contributed by atoms with Gasteiger partial charge in [0.1, 0.15) is 0 Å². The number of thiazole rings is 1. The zero-order valence-corrected chi connectivity index (χ0v) is 22.1. The molecule has 0 radical (unpaired) electrons. The Morgan fingerprint density at radius 1 is 0.944 bits per heavy atom. The van der Waals surface area contributed by atoms with Gasteiger partial charge in [0.15, 0.2) is 5.13 Å². The van der Waals surface area contributed by atoms with Crippen LogP contribution in [0.15, 0.2) is 71.6 Å². The molecular weight excluding hydrogens is 492 g/mol. The third-order valence-corrected chi connectivity index (χ3v) is 9.59. The van der Waals surface area contributed by atoms with Gasteiger partial charge in [-0.15, -0.1) is 0 Å². The van der Waals surface area contributed by atoms with Crippen molar-refractivity contribution in [2.75, 3.05) is 42.4 Å². The second-order valence-electron chi connectivity index (χ2n) is 9.04. The topological polar surface area (TPSA) is 73.8 Å². The fraction of sp³-hybridized carbons (Fsp3) is 0.259. The largest absolute Gasteiger partial charge is 0.345 e. The van der Waals surface area contributed by atoms with Crippen LogP contribution in [0.4, 0.5) is 10.8 Å². The highest BCUT2D eigenvalue weighted by molar-refractivity contribution is 7.92. The fourth-order valence-corrected chi connectivity index (χ4v) is 6.75. The first kappa shape index (κ1) is 24.3. The quantitative estimate of drug-likeness (QED) is 0.381. The van der Waals surface area contributed by atoms with Crippen molar-refractivity contribution in [2.45, 2.75) is 18.7 Å². The average molecular weight is 521 g/mol. The first-order valence-electron chi connectivity index (χ1n) is 11.8. The summed E-state index contributed by atoms with van der Waals surface area (Å²) in [6, 6.07) is 19.4. The van der Waals surface area contributed by atoms with E-state index in [0.29, 0.717) is 37.4 Å². The van der Waals surface area contributed by atoms with Gasteiger partial charge in [-0.05, 0) is 67.4 Å². The minimum atomic E-state index is -3.72. The molecule has 1 aliphatic heterocycles. The first-order valence-corrected chi connectivity index (χ1v) is 14.1. The van der Waals surface area contributed by atoms with Crippen LogP contribution >= 0.6 is 11.3 Å². The Labute approximate surface area is 215 Å². The van der Waals surface area contributed by atoms with Crippen molar-refractivity contribution in [1.29, 1.82) is 0 Å². The van der Waals surface area contributed by atoms with E-state index in [4.69, 9.17) is 4.98 Å². The Balaban J connectivity index is 1.25. The Kier molecular flexibility index (Phi) is 6.44. The smallest absolute Gasteiger partial charge is 0.264 e. The molecule has 0 atom stereocenters. The van der Waals surface area contributed by atoms with Gasteiger partial charge in [-0.1, -0.05) is 35.6 Å². The van der Waals surface area contributed by atoms with Crippen LogP contribution in [0, 0.1) is 13.8 Å². The molecule has 4 aromatic rings. The van der Waals surface area contributed by atoms with Crippen molar-refractivity contribution in [3.8, 4) is 0 Å². The number of rotatable bonds is 5. The van der Waals surface area contributed by atoms with Gasteiger partial charge in [0.2, 0.25) is 0 Å². The number of carbonyl (C=O) groups excluding carboxylic acids is 1. The summed E-state index contributed by atoms with van der Waals surface area (Å²) in [6.07, 6.45) is 0. The number of carbonyl (C=O) groups is 1. The Morgan fingerprint density at radius 2 is 1.61 bits per heavy atom. The normalized spacial score (nSPS) is 14.3. The van der Waals surface area contributed by atoms with Gasteiger partial charge in [-0.2, -0.15) is 0 Å². The average Bonchev–Trinajstić information content (AvgIpc) is 3.33. The maximum Gasteiger partial charge on any atom is 0.264 e. The number of piperazine rings is 1.